The molecule has 0 aromatic heterocycles. The number of carbonyl (C=O) groups is 3. The Morgan fingerprint density at radius 1 is 1.18 bits per heavy atom. The molecular weight excluding hydrogens is 384 g/mol. The van der Waals surface area contributed by atoms with Crippen LogP contribution < -0.4 is 0 Å². The van der Waals surface area contributed by atoms with Crippen LogP contribution in [0.15, 0.2) is 53.4 Å². The van der Waals surface area contributed by atoms with Gasteiger partial charge in [0.15, 0.2) is 0 Å². The number of nitro benzene ring substituents is 1. The van der Waals surface area contributed by atoms with Crippen molar-refractivity contribution >= 4 is 40.6 Å². The highest BCUT2D eigenvalue weighted by molar-refractivity contribution is 8.18. The average molecular weight is 398 g/mol. The van der Waals surface area contributed by atoms with E-state index in [4.69, 9.17) is 0 Å². The maximum Gasteiger partial charge on any atom is 0.337 e. The summed E-state index contributed by atoms with van der Waals surface area (Å²) in [5.41, 5.74) is 1.12. The number of ether oxygens (including phenoxy) is 1. The normalized spacial score (nSPS) is 15.2. The Balaban J connectivity index is 1.81. The van der Waals surface area contributed by atoms with Crippen LogP contribution in [-0.4, -0.2) is 34.0 Å². The minimum atomic E-state index is -0.548. The molecule has 1 aliphatic heterocycles. The maximum absolute atomic E-state index is 12.6. The van der Waals surface area contributed by atoms with Crippen molar-refractivity contribution in [3.8, 4) is 0 Å². The van der Waals surface area contributed by atoms with Crippen molar-refractivity contribution in [2.45, 2.75) is 6.54 Å². The van der Waals surface area contributed by atoms with Gasteiger partial charge in [0.1, 0.15) is 0 Å². The van der Waals surface area contributed by atoms with Crippen LogP contribution in [-0.2, 0) is 16.1 Å². The fraction of sp³-hybridized carbons (Fsp3) is 0.105. The van der Waals surface area contributed by atoms with Gasteiger partial charge in [-0.05, 0) is 35.5 Å². The number of esters is 1. The summed E-state index contributed by atoms with van der Waals surface area (Å²) in [7, 11) is 1.28. The highest BCUT2D eigenvalue weighted by atomic mass is 32.2. The summed E-state index contributed by atoms with van der Waals surface area (Å²) in [5, 5.41) is 10.6. The van der Waals surface area contributed by atoms with Crippen LogP contribution in [0.4, 0.5) is 10.5 Å². The van der Waals surface area contributed by atoms with Gasteiger partial charge >= 0.3 is 5.97 Å². The smallest absolute Gasteiger partial charge is 0.337 e. The molecule has 0 unspecified atom stereocenters. The zero-order valence-corrected chi connectivity index (χ0v) is 15.5. The van der Waals surface area contributed by atoms with E-state index in [2.05, 4.69) is 4.74 Å². The quantitative estimate of drug-likeness (QED) is 0.328. The second kappa shape index (κ2) is 8.05. The number of hydrogen-bond donors (Lipinski definition) is 0. The zero-order valence-electron chi connectivity index (χ0n) is 14.7. The van der Waals surface area contributed by atoms with Crippen molar-refractivity contribution in [3.63, 3.8) is 0 Å². The number of thioether (sulfide) groups is 1. The van der Waals surface area contributed by atoms with Crippen LogP contribution in [0.25, 0.3) is 6.08 Å². The third kappa shape index (κ3) is 3.94. The predicted molar refractivity (Wildman–Crippen MR) is 102 cm³/mol. The molecule has 0 aliphatic carbocycles. The number of imide groups is 1. The van der Waals surface area contributed by atoms with Gasteiger partial charge in [0.2, 0.25) is 0 Å². The van der Waals surface area contributed by atoms with Gasteiger partial charge < -0.3 is 4.74 Å². The van der Waals surface area contributed by atoms with Gasteiger partial charge in [-0.25, -0.2) is 4.79 Å². The monoisotopic (exact) mass is 398 g/mol. The lowest BCUT2D eigenvalue weighted by atomic mass is 10.1. The van der Waals surface area contributed by atoms with Crippen LogP contribution in [0.3, 0.4) is 0 Å². The average Bonchev–Trinajstić information content (AvgIpc) is 2.95. The maximum atomic E-state index is 12.6. The third-order valence-corrected chi connectivity index (χ3v) is 4.93. The number of nitrogens with zero attached hydrogens (tertiary/aromatic N) is 2. The third-order valence-electron chi connectivity index (χ3n) is 4.02. The number of para-hydroxylation sites is 1. The molecule has 2 aromatic rings. The molecule has 0 radical (unpaired) electrons. The molecular formula is C19H14N2O6S. The summed E-state index contributed by atoms with van der Waals surface area (Å²) in [6.07, 6.45) is 1.53. The first-order valence-corrected chi connectivity index (χ1v) is 8.88. The summed E-state index contributed by atoms with van der Waals surface area (Å²) in [4.78, 5) is 48.1. The van der Waals surface area contributed by atoms with E-state index in [9.17, 15) is 24.5 Å². The SMILES string of the molecule is COC(=O)c1ccc(/C=C2/SC(=O)N(Cc3ccccc3[N+](=O)[O-])C2=O)cc1. The van der Waals surface area contributed by atoms with Crippen molar-refractivity contribution in [3.05, 3.63) is 80.2 Å². The van der Waals surface area contributed by atoms with Crippen molar-refractivity contribution in [1.29, 1.82) is 0 Å². The Labute approximate surface area is 163 Å². The number of amides is 2. The zero-order chi connectivity index (χ0) is 20.3. The van der Waals surface area contributed by atoms with Gasteiger partial charge in [0, 0.05) is 11.6 Å². The molecule has 1 saturated heterocycles. The van der Waals surface area contributed by atoms with Crippen molar-refractivity contribution in [1.82, 2.24) is 4.90 Å². The number of carbonyl (C=O) groups excluding carboxylic acids is 3. The van der Waals surface area contributed by atoms with Gasteiger partial charge in [-0.1, -0.05) is 30.3 Å². The molecule has 142 valence electrons. The molecule has 0 spiro atoms. The van der Waals surface area contributed by atoms with E-state index in [1.165, 1.54) is 31.4 Å². The first kappa shape index (κ1) is 19.3. The first-order chi connectivity index (χ1) is 13.4. The standard InChI is InChI=1S/C19H14N2O6S/c1-27-18(23)13-8-6-12(7-9-13)10-16-17(22)20(19(24)28-16)11-14-4-2-3-5-15(14)21(25)26/h2-10H,11H2,1H3/b16-10+. The largest absolute Gasteiger partial charge is 0.465 e. The molecule has 0 N–H and O–H groups in total. The van der Waals surface area contributed by atoms with Crippen molar-refractivity contribution in [2.24, 2.45) is 0 Å². The van der Waals surface area contributed by atoms with Crippen LogP contribution in [0, 0.1) is 10.1 Å². The molecule has 8 nitrogen and oxygen atoms in total. The number of hydrogen-bond acceptors (Lipinski definition) is 7. The molecule has 0 atom stereocenters. The molecule has 0 bridgehead atoms. The summed E-state index contributed by atoms with van der Waals surface area (Å²) in [5.74, 6) is -0.999. The van der Waals surface area contributed by atoms with Gasteiger partial charge in [0.25, 0.3) is 16.8 Å². The van der Waals surface area contributed by atoms with Crippen molar-refractivity contribution < 1.29 is 24.0 Å². The lowest BCUT2D eigenvalue weighted by Gasteiger charge is -2.12. The van der Waals surface area contributed by atoms with Gasteiger partial charge in [-0.3, -0.25) is 24.6 Å². The second-order valence-corrected chi connectivity index (χ2v) is 6.76. The molecule has 3 rings (SSSR count). The Morgan fingerprint density at radius 2 is 1.86 bits per heavy atom. The van der Waals surface area contributed by atoms with E-state index >= 15 is 0 Å². The minimum Gasteiger partial charge on any atom is -0.465 e. The summed E-state index contributed by atoms with van der Waals surface area (Å²) < 4.78 is 4.63. The lowest BCUT2D eigenvalue weighted by Crippen LogP contribution is -2.27. The highest BCUT2D eigenvalue weighted by Gasteiger charge is 2.36. The Morgan fingerprint density at radius 3 is 2.50 bits per heavy atom. The van der Waals surface area contributed by atoms with E-state index in [-0.39, 0.29) is 22.7 Å². The van der Waals surface area contributed by atoms with E-state index < -0.39 is 22.0 Å². The van der Waals surface area contributed by atoms with Crippen LogP contribution >= 0.6 is 11.8 Å². The topological polar surface area (TPSA) is 107 Å². The molecule has 1 aliphatic rings. The number of benzene rings is 2. The molecule has 2 amide bonds. The second-order valence-electron chi connectivity index (χ2n) is 5.77. The van der Waals surface area contributed by atoms with Gasteiger partial charge in [0.05, 0.1) is 29.0 Å². The molecule has 1 heterocycles. The predicted octanol–water partition coefficient (Wildman–Crippen LogP) is 3.62. The summed E-state index contributed by atoms with van der Waals surface area (Å²) in [6.45, 7) is -0.180. The fourth-order valence-electron chi connectivity index (χ4n) is 2.61. The molecule has 28 heavy (non-hydrogen) atoms. The Bertz CT molecular complexity index is 1000. The van der Waals surface area contributed by atoms with Crippen LogP contribution in [0.5, 0.6) is 0 Å². The van der Waals surface area contributed by atoms with Crippen LogP contribution in [0.1, 0.15) is 21.5 Å². The van der Waals surface area contributed by atoms with Crippen molar-refractivity contribution in [2.75, 3.05) is 7.11 Å². The van der Waals surface area contributed by atoms with E-state index in [0.29, 0.717) is 11.1 Å². The van der Waals surface area contributed by atoms with E-state index in [0.717, 1.165) is 16.7 Å². The molecule has 0 saturated carbocycles. The van der Waals surface area contributed by atoms with Gasteiger partial charge in [-0.2, -0.15) is 0 Å². The van der Waals surface area contributed by atoms with E-state index in [1.807, 2.05) is 0 Å². The highest BCUT2D eigenvalue weighted by Crippen LogP contribution is 2.34. The number of rotatable bonds is 5. The minimum absolute atomic E-state index is 0.149. The first-order valence-electron chi connectivity index (χ1n) is 8.06. The Kier molecular flexibility index (Phi) is 5.55. The number of methoxy groups -OCH3 is 1. The van der Waals surface area contributed by atoms with Crippen LogP contribution in [0.2, 0.25) is 0 Å². The number of nitro groups is 1. The van der Waals surface area contributed by atoms with Gasteiger partial charge in [-0.15, -0.1) is 0 Å². The molecule has 2 aromatic carbocycles. The van der Waals surface area contributed by atoms with E-state index in [1.54, 1.807) is 30.3 Å². The summed E-state index contributed by atoms with van der Waals surface area (Å²) >= 11 is 0.762. The summed E-state index contributed by atoms with van der Waals surface area (Å²) in [6, 6.07) is 12.3. The molecule has 1 fully saturated rings. The fourth-order valence-corrected chi connectivity index (χ4v) is 3.45. The lowest BCUT2D eigenvalue weighted by molar-refractivity contribution is -0.385. The Hall–Kier alpha value is -3.46. The molecule has 9 heteroatoms.